The van der Waals surface area contributed by atoms with Gasteiger partial charge in [-0.25, -0.2) is 9.97 Å². The van der Waals surface area contributed by atoms with Crippen molar-refractivity contribution in [1.82, 2.24) is 15.0 Å². The molecule has 0 spiro atoms. The molecule has 4 rings (SSSR count). The number of pyridine rings is 1. The second-order valence-corrected chi connectivity index (χ2v) is 9.48. The minimum absolute atomic E-state index is 0.0753. The van der Waals surface area contributed by atoms with E-state index in [1.807, 2.05) is 25.2 Å². The maximum atomic E-state index is 12.2. The standard InChI is InChI=1S/C21H25N3O2S2/c1-4-7-26-17-10-22-14(9-16(17)25)11-27-20-19-15-6-5-12(2)8-18(15)28-21(19)24-13(3)23-20/h9-10,12H,4-8,11H2,1-3H3,(H,22,25). The smallest absolute Gasteiger partial charge is 0.223 e. The van der Waals surface area contributed by atoms with Crippen molar-refractivity contribution in [2.75, 3.05) is 6.61 Å². The first-order chi connectivity index (χ1) is 13.5. The zero-order chi connectivity index (χ0) is 19.7. The molecule has 1 N–H and O–H groups in total. The summed E-state index contributed by atoms with van der Waals surface area (Å²) in [6.07, 6.45) is 6.03. The molecule has 0 saturated carbocycles. The third-order valence-electron chi connectivity index (χ3n) is 5.00. The van der Waals surface area contributed by atoms with Crippen LogP contribution in [0.2, 0.25) is 0 Å². The van der Waals surface area contributed by atoms with Crippen molar-refractivity contribution < 1.29 is 4.74 Å². The van der Waals surface area contributed by atoms with Crippen LogP contribution >= 0.6 is 23.1 Å². The van der Waals surface area contributed by atoms with Gasteiger partial charge in [-0.3, -0.25) is 4.79 Å². The fraction of sp³-hybridized carbons (Fsp3) is 0.476. The molecular weight excluding hydrogens is 390 g/mol. The SMILES string of the molecule is CCCOc1c[nH]c(CSc2nc(C)nc3sc4c(c23)CCC(C)C4)cc1=O. The molecular formula is C21H25N3O2S2. The summed E-state index contributed by atoms with van der Waals surface area (Å²) in [4.78, 5) is 27.4. The molecule has 0 fully saturated rings. The number of H-pyrrole nitrogens is 1. The summed E-state index contributed by atoms with van der Waals surface area (Å²) in [5, 5.41) is 2.26. The van der Waals surface area contributed by atoms with Crippen LogP contribution in [0.4, 0.5) is 0 Å². The highest BCUT2D eigenvalue weighted by Gasteiger charge is 2.23. The highest BCUT2D eigenvalue weighted by atomic mass is 32.2. The molecule has 148 valence electrons. The first-order valence-corrected chi connectivity index (χ1v) is 11.6. The van der Waals surface area contributed by atoms with Gasteiger partial charge in [0.05, 0.1) is 6.61 Å². The number of hydrogen-bond donors (Lipinski definition) is 1. The Morgan fingerprint density at radius 2 is 2.25 bits per heavy atom. The van der Waals surface area contributed by atoms with Crippen molar-refractivity contribution in [1.29, 1.82) is 0 Å². The molecule has 1 unspecified atom stereocenters. The number of ether oxygens (including phenoxy) is 1. The molecule has 0 aliphatic heterocycles. The maximum absolute atomic E-state index is 12.2. The van der Waals surface area contributed by atoms with E-state index in [2.05, 4.69) is 11.9 Å². The topological polar surface area (TPSA) is 67.9 Å². The molecule has 1 aliphatic rings. The summed E-state index contributed by atoms with van der Waals surface area (Å²) in [6.45, 7) is 6.85. The monoisotopic (exact) mass is 415 g/mol. The van der Waals surface area contributed by atoms with E-state index in [4.69, 9.17) is 14.7 Å². The number of aromatic amines is 1. The number of rotatable bonds is 6. The lowest BCUT2D eigenvalue weighted by atomic mass is 9.89. The van der Waals surface area contributed by atoms with Crippen molar-refractivity contribution in [3.05, 3.63) is 44.4 Å². The highest BCUT2D eigenvalue weighted by molar-refractivity contribution is 7.98. The van der Waals surface area contributed by atoms with E-state index >= 15 is 0 Å². The first-order valence-electron chi connectivity index (χ1n) is 9.81. The van der Waals surface area contributed by atoms with Crippen molar-refractivity contribution in [2.45, 2.75) is 57.2 Å². The van der Waals surface area contributed by atoms with E-state index in [9.17, 15) is 4.79 Å². The predicted molar refractivity (Wildman–Crippen MR) is 116 cm³/mol. The average molecular weight is 416 g/mol. The Kier molecular flexibility index (Phi) is 5.73. The summed E-state index contributed by atoms with van der Waals surface area (Å²) in [5.41, 5.74) is 2.24. The van der Waals surface area contributed by atoms with Gasteiger partial charge in [0, 0.05) is 34.0 Å². The summed E-state index contributed by atoms with van der Waals surface area (Å²) in [5.74, 6) is 2.59. The van der Waals surface area contributed by atoms with Crippen LogP contribution < -0.4 is 10.2 Å². The van der Waals surface area contributed by atoms with Crippen LogP contribution in [0, 0.1) is 12.8 Å². The number of fused-ring (bicyclic) bond motifs is 3. The van der Waals surface area contributed by atoms with Gasteiger partial charge in [-0.05, 0) is 44.1 Å². The number of hydrogen-bond acceptors (Lipinski definition) is 6. The molecule has 7 heteroatoms. The lowest BCUT2D eigenvalue weighted by molar-refractivity contribution is 0.313. The molecule has 1 aliphatic carbocycles. The van der Waals surface area contributed by atoms with Crippen LogP contribution in [0.3, 0.4) is 0 Å². The van der Waals surface area contributed by atoms with Gasteiger partial charge >= 0.3 is 0 Å². The molecule has 0 bridgehead atoms. The molecule has 28 heavy (non-hydrogen) atoms. The third-order valence-corrected chi connectivity index (χ3v) is 7.17. The molecule has 0 radical (unpaired) electrons. The Balaban J connectivity index is 1.60. The van der Waals surface area contributed by atoms with Gasteiger partial charge in [0.15, 0.2) is 5.75 Å². The van der Waals surface area contributed by atoms with Crippen LogP contribution in [-0.4, -0.2) is 21.6 Å². The second-order valence-electron chi connectivity index (χ2n) is 7.43. The number of nitrogens with zero attached hydrogens (tertiary/aromatic N) is 2. The number of thioether (sulfide) groups is 1. The summed E-state index contributed by atoms with van der Waals surface area (Å²) in [7, 11) is 0. The van der Waals surface area contributed by atoms with Crippen molar-refractivity contribution in [3.8, 4) is 5.75 Å². The van der Waals surface area contributed by atoms with Crippen molar-refractivity contribution in [2.24, 2.45) is 5.92 Å². The molecule has 0 amide bonds. The van der Waals surface area contributed by atoms with E-state index in [0.717, 1.165) is 46.6 Å². The number of nitrogens with one attached hydrogen (secondary N) is 1. The number of aromatic nitrogens is 3. The average Bonchev–Trinajstić information content (AvgIpc) is 3.02. The zero-order valence-corrected chi connectivity index (χ0v) is 18.1. The Morgan fingerprint density at radius 1 is 1.39 bits per heavy atom. The first kappa shape index (κ1) is 19.5. The molecule has 3 aromatic rings. The number of aryl methyl sites for hydroxylation is 2. The largest absolute Gasteiger partial charge is 0.488 e. The lowest BCUT2D eigenvalue weighted by Gasteiger charge is -2.18. The van der Waals surface area contributed by atoms with Gasteiger partial charge in [-0.2, -0.15) is 0 Å². The molecule has 1 atom stereocenters. The Bertz CT molecular complexity index is 1060. The molecule has 5 nitrogen and oxygen atoms in total. The van der Waals surface area contributed by atoms with Crippen molar-refractivity contribution in [3.63, 3.8) is 0 Å². The van der Waals surface area contributed by atoms with E-state index in [1.54, 1.807) is 24.0 Å². The minimum atomic E-state index is -0.0753. The molecule has 0 aromatic carbocycles. The summed E-state index contributed by atoms with van der Waals surface area (Å²) >= 11 is 3.50. The zero-order valence-electron chi connectivity index (χ0n) is 16.5. The highest BCUT2D eigenvalue weighted by Crippen LogP contribution is 2.41. The van der Waals surface area contributed by atoms with Gasteiger partial charge in [0.25, 0.3) is 0 Å². The normalized spacial score (nSPS) is 16.3. The minimum Gasteiger partial charge on any atom is -0.488 e. The summed E-state index contributed by atoms with van der Waals surface area (Å²) < 4.78 is 5.47. The van der Waals surface area contributed by atoms with Gasteiger partial charge in [0.1, 0.15) is 15.7 Å². The van der Waals surface area contributed by atoms with Gasteiger partial charge < -0.3 is 9.72 Å². The Labute approximate surface area is 173 Å². The van der Waals surface area contributed by atoms with Gasteiger partial charge in [0.2, 0.25) is 5.43 Å². The Hall–Kier alpha value is -1.86. The van der Waals surface area contributed by atoms with Crippen LogP contribution in [0.15, 0.2) is 22.1 Å². The fourth-order valence-corrected chi connectivity index (χ4v) is 6.08. The van der Waals surface area contributed by atoms with E-state index in [0.29, 0.717) is 18.1 Å². The van der Waals surface area contributed by atoms with Gasteiger partial charge in [-0.1, -0.05) is 25.6 Å². The fourth-order valence-electron chi connectivity index (χ4n) is 3.57. The molecule has 0 saturated heterocycles. The van der Waals surface area contributed by atoms with Gasteiger partial charge in [-0.15, -0.1) is 11.3 Å². The van der Waals surface area contributed by atoms with E-state index in [-0.39, 0.29) is 5.43 Å². The lowest BCUT2D eigenvalue weighted by Crippen LogP contribution is -2.10. The second kappa shape index (κ2) is 8.25. The van der Waals surface area contributed by atoms with Crippen molar-refractivity contribution >= 4 is 33.3 Å². The molecule has 3 heterocycles. The van der Waals surface area contributed by atoms with E-state index < -0.39 is 0 Å². The predicted octanol–water partition coefficient (Wildman–Crippen LogP) is 4.89. The number of thiophene rings is 1. The summed E-state index contributed by atoms with van der Waals surface area (Å²) in [6, 6.07) is 1.63. The quantitative estimate of drug-likeness (QED) is 0.458. The van der Waals surface area contributed by atoms with Crippen LogP contribution in [-0.2, 0) is 18.6 Å². The third kappa shape index (κ3) is 3.96. The Morgan fingerprint density at radius 3 is 3.04 bits per heavy atom. The molecule has 3 aromatic heterocycles. The van der Waals surface area contributed by atoms with Crippen LogP contribution in [0.5, 0.6) is 5.75 Å². The van der Waals surface area contributed by atoms with Crippen LogP contribution in [0.25, 0.3) is 10.2 Å². The van der Waals surface area contributed by atoms with E-state index in [1.165, 1.54) is 22.2 Å². The maximum Gasteiger partial charge on any atom is 0.223 e. The van der Waals surface area contributed by atoms with Crippen LogP contribution in [0.1, 0.15) is 48.6 Å².